The van der Waals surface area contributed by atoms with Gasteiger partial charge in [0.25, 0.3) is 5.91 Å². The fraction of sp³-hybridized carbons (Fsp3) is 0.385. The van der Waals surface area contributed by atoms with Crippen LogP contribution in [0.2, 0.25) is 0 Å². The molecule has 9 rings (SSSR count). The topological polar surface area (TPSA) is 184 Å². The first-order valence-corrected chi connectivity index (χ1v) is 22.9. The van der Waals surface area contributed by atoms with Gasteiger partial charge in [0.1, 0.15) is 23.7 Å². The fourth-order valence-electron chi connectivity index (χ4n) is 9.94. The number of rotatable bonds is 12. The van der Waals surface area contributed by atoms with E-state index in [4.69, 9.17) is 24.2 Å². The highest BCUT2D eigenvalue weighted by molar-refractivity contribution is 6.07. The summed E-state index contributed by atoms with van der Waals surface area (Å²) >= 11 is 0. The molecule has 3 heterocycles. The molecule has 1 saturated heterocycles. The van der Waals surface area contributed by atoms with E-state index in [2.05, 4.69) is 83.0 Å². The molecule has 1 aliphatic heterocycles. The standard InChI is InChI=1S/C52H58N8O7/c1-28-29(2)45(28)60(49(62)46(52(3,4)5)58-51(64)67-8)26-41-53-38-20-16-33-24-31(14-18-36(33)43(38)55-41)32-15-19-37-34(25-32)17-21-39-44(37)56-47(54-39)40-13-10-22-59(40)48(61)42(57-50(63)66-7)35-12-9-11-30(23-35)27-65-6/h9,11-12,14-21,23-25,28-29,40,42,45-46H,10,13,22,26-27H2,1-8H3,(H,53,55)(H,54,56)(H,57,63)(H,58,64). The van der Waals surface area contributed by atoms with E-state index in [1.807, 2.05) is 62.1 Å². The summed E-state index contributed by atoms with van der Waals surface area (Å²) < 4.78 is 15.1. The molecule has 0 bridgehead atoms. The van der Waals surface area contributed by atoms with Gasteiger partial charge in [-0.15, -0.1) is 0 Å². The predicted octanol–water partition coefficient (Wildman–Crippen LogP) is 9.07. The van der Waals surface area contributed by atoms with E-state index < -0.39 is 29.7 Å². The van der Waals surface area contributed by atoms with E-state index >= 15 is 0 Å². The van der Waals surface area contributed by atoms with Crippen LogP contribution in [0.5, 0.6) is 0 Å². The lowest BCUT2D eigenvalue weighted by atomic mass is 9.85. The van der Waals surface area contributed by atoms with Crippen molar-refractivity contribution in [2.75, 3.05) is 27.9 Å². The number of imidazole rings is 2. The van der Waals surface area contributed by atoms with E-state index in [0.717, 1.165) is 73.1 Å². The molecule has 1 saturated carbocycles. The average molecular weight is 907 g/mol. The molecule has 2 aromatic heterocycles. The molecule has 2 fully saturated rings. The quantitative estimate of drug-likeness (QED) is 0.0929. The van der Waals surface area contributed by atoms with Crippen molar-refractivity contribution in [3.05, 3.63) is 108 Å². The van der Waals surface area contributed by atoms with Gasteiger partial charge in [0, 0.05) is 30.5 Å². The summed E-state index contributed by atoms with van der Waals surface area (Å²) in [7, 11) is 4.20. The third-order valence-electron chi connectivity index (χ3n) is 13.8. The van der Waals surface area contributed by atoms with Crippen molar-refractivity contribution in [3.63, 3.8) is 0 Å². The van der Waals surface area contributed by atoms with E-state index in [1.165, 1.54) is 14.2 Å². The Morgan fingerprint density at radius 2 is 1.42 bits per heavy atom. The zero-order chi connectivity index (χ0) is 47.3. The number of nitrogens with one attached hydrogen (secondary N) is 4. The van der Waals surface area contributed by atoms with Gasteiger partial charge in [-0.3, -0.25) is 9.59 Å². The Hall–Kier alpha value is -7.00. The van der Waals surface area contributed by atoms with Gasteiger partial charge in [-0.2, -0.15) is 0 Å². The monoisotopic (exact) mass is 906 g/mol. The summed E-state index contributed by atoms with van der Waals surface area (Å²) in [5.74, 6) is 1.61. The molecule has 0 radical (unpaired) electrons. The number of ether oxygens (including phenoxy) is 3. The highest BCUT2D eigenvalue weighted by Gasteiger charge is 2.51. The number of nitrogens with zero attached hydrogens (tertiary/aromatic N) is 4. The molecular formula is C52H58N8O7. The first-order valence-electron chi connectivity index (χ1n) is 22.9. The normalized spacial score (nSPS) is 19.1. The van der Waals surface area contributed by atoms with Crippen molar-refractivity contribution >= 4 is 67.6 Å². The maximum atomic E-state index is 14.3. The Balaban J connectivity index is 0.969. The van der Waals surface area contributed by atoms with Crippen molar-refractivity contribution in [1.82, 2.24) is 40.4 Å². The van der Waals surface area contributed by atoms with E-state index in [-0.39, 0.29) is 30.4 Å². The first kappa shape index (κ1) is 45.2. The molecule has 4 N–H and O–H groups in total. The molecule has 2 aliphatic rings. The third-order valence-corrected chi connectivity index (χ3v) is 13.8. The number of alkyl carbamates (subject to hydrolysis) is 2. The number of carbonyl (C=O) groups excluding carboxylic acids is 4. The molecule has 7 aromatic rings. The molecule has 5 aromatic carbocycles. The lowest BCUT2D eigenvalue weighted by Gasteiger charge is -2.34. The van der Waals surface area contributed by atoms with Crippen molar-refractivity contribution in [2.45, 2.75) is 84.8 Å². The highest BCUT2D eigenvalue weighted by atomic mass is 16.5. The molecular weight excluding hydrogens is 849 g/mol. The third kappa shape index (κ3) is 8.75. The second kappa shape index (κ2) is 18.0. The number of benzene rings is 5. The van der Waals surface area contributed by atoms with Crippen molar-refractivity contribution in [3.8, 4) is 11.1 Å². The Morgan fingerprint density at radius 3 is 2.03 bits per heavy atom. The van der Waals surface area contributed by atoms with Crippen LogP contribution < -0.4 is 10.6 Å². The molecule has 15 nitrogen and oxygen atoms in total. The Labute approximate surface area is 388 Å². The largest absolute Gasteiger partial charge is 0.453 e. The number of aromatic amines is 2. The summed E-state index contributed by atoms with van der Waals surface area (Å²) in [6.45, 7) is 11.3. The minimum atomic E-state index is -0.953. The molecule has 0 spiro atoms. The van der Waals surface area contributed by atoms with Crippen LogP contribution in [0.15, 0.2) is 84.9 Å². The number of methoxy groups -OCH3 is 3. The Bertz CT molecular complexity index is 3040. The molecule has 5 atom stereocenters. The van der Waals surface area contributed by atoms with Crippen molar-refractivity contribution < 1.29 is 33.4 Å². The van der Waals surface area contributed by atoms with Gasteiger partial charge in [-0.1, -0.05) is 95.3 Å². The number of hydrogen-bond acceptors (Lipinski definition) is 9. The van der Waals surface area contributed by atoms with Crippen LogP contribution in [-0.4, -0.2) is 93.7 Å². The van der Waals surface area contributed by atoms with Crippen LogP contribution >= 0.6 is 0 Å². The summed E-state index contributed by atoms with van der Waals surface area (Å²) in [5, 5.41) is 9.68. The zero-order valence-electron chi connectivity index (χ0n) is 39.2. The predicted molar refractivity (Wildman–Crippen MR) is 257 cm³/mol. The van der Waals surface area contributed by atoms with Gasteiger partial charge in [-0.25, -0.2) is 19.6 Å². The smallest absolute Gasteiger partial charge is 0.407 e. The van der Waals surface area contributed by atoms with Crippen LogP contribution in [0.4, 0.5) is 9.59 Å². The van der Waals surface area contributed by atoms with E-state index in [9.17, 15) is 19.2 Å². The van der Waals surface area contributed by atoms with Gasteiger partial charge >= 0.3 is 12.2 Å². The second-order valence-corrected chi connectivity index (χ2v) is 19.1. The molecule has 348 valence electrons. The number of likely N-dealkylation sites (tertiary alicyclic amines) is 1. The van der Waals surface area contributed by atoms with Gasteiger partial charge in [0.2, 0.25) is 5.91 Å². The lowest BCUT2D eigenvalue weighted by molar-refractivity contribution is -0.138. The molecule has 15 heteroatoms. The fourth-order valence-corrected chi connectivity index (χ4v) is 9.94. The van der Waals surface area contributed by atoms with Crippen LogP contribution in [-0.2, 0) is 37.0 Å². The van der Waals surface area contributed by atoms with Gasteiger partial charge in [0.15, 0.2) is 0 Å². The number of H-pyrrole nitrogens is 2. The van der Waals surface area contributed by atoms with E-state index in [0.29, 0.717) is 42.2 Å². The average Bonchev–Trinajstić information content (AvgIpc) is 3.84. The number of fused-ring (bicyclic) bond motifs is 6. The number of amides is 4. The number of hydrogen-bond donors (Lipinski definition) is 4. The summed E-state index contributed by atoms with van der Waals surface area (Å²) in [6.07, 6.45) is 0.184. The summed E-state index contributed by atoms with van der Waals surface area (Å²) in [4.78, 5) is 74.2. The maximum Gasteiger partial charge on any atom is 0.407 e. The highest BCUT2D eigenvalue weighted by Crippen LogP contribution is 2.44. The lowest BCUT2D eigenvalue weighted by Crippen LogP contribution is -2.55. The van der Waals surface area contributed by atoms with Crippen LogP contribution in [0.25, 0.3) is 54.7 Å². The van der Waals surface area contributed by atoms with E-state index in [1.54, 1.807) is 12.0 Å². The van der Waals surface area contributed by atoms with Crippen LogP contribution in [0.1, 0.15) is 82.3 Å². The van der Waals surface area contributed by atoms with Crippen molar-refractivity contribution in [2.24, 2.45) is 17.3 Å². The second-order valence-electron chi connectivity index (χ2n) is 19.1. The summed E-state index contributed by atoms with van der Waals surface area (Å²) in [6, 6.07) is 26.5. The molecule has 5 unspecified atom stereocenters. The molecule has 67 heavy (non-hydrogen) atoms. The summed E-state index contributed by atoms with van der Waals surface area (Å²) in [5.41, 5.74) is 6.50. The SMILES string of the molecule is COCc1cccc(C(NC(=O)OC)C(=O)N2CCCC2c2nc3ccc4cc(-c5ccc6c(ccc7nc(CN(C(=O)C(NC(=O)OC)C(C)(C)C)C8C(C)C8C)[nH]c76)c5)ccc4c3[nH]2)c1. The zero-order valence-corrected chi connectivity index (χ0v) is 39.2. The number of aromatic nitrogens is 4. The maximum absolute atomic E-state index is 14.3. The van der Waals surface area contributed by atoms with Crippen LogP contribution in [0, 0.1) is 17.3 Å². The van der Waals surface area contributed by atoms with Crippen LogP contribution in [0.3, 0.4) is 0 Å². The first-order chi connectivity index (χ1) is 32.2. The van der Waals surface area contributed by atoms with Gasteiger partial charge in [-0.05, 0) is 87.4 Å². The molecule has 4 amide bonds. The van der Waals surface area contributed by atoms with Crippen molar-refractivity contribution in [1.29, 1.82) is 0 Å². The Kier molecular flexibility index (Phi) is 12.1. The minimum absolute atomic E-state index is 0.0263. The minimum Gasteiger partial charge on any atom is -0.453 e. The van der Waals surface area contributed by atoms with Gasteiger partial charge in [0.05, 0.1) is 55.5 Å². The molecule has 1 aliphatic carbocycles. The number of carbonyl (C=O) groups is 4. The van der Waals surface area contributed by atoms with Gasteiger partial charge < -0.3 is 44.6 Å². The Morgan fingerprint density at radius 1 is 0.791 bits per heavy atom.